The molecule has 0 fully saturated rings. The van der Waals surface area contributed by atoms with Gasteiger partial charge in [-0.15, -0.1) is 0 Å². The second-order valence-electron chi connectivity index (χ2n) is 6.60. The summed E-state index contributed by atoms with van der Waals surface area (Å²) in [5.74, 6) is 0. The van der Waals surface area contributed by atoms with Gasteiger partial charge in [0, 0.05) is 16.6 Å². The van der Waals surface area contributed by atoms with Crippen molar-refractivity contribution in [3.8, 4) is 11.1 Å². The summed E-state index contributed by atoms with van der Waals surface area (Å²) in [6.07, 6.45) is 0. The average molecular weight is 363 g/mol. The third kappa shape index (κ3) is 2.93. The first-order chi connectivity index (χ1) is 12.5. The quantitative estimate of drug-likeness (QED) is 0.373. The summed E-state index contributed by atoms with van der Waals surface area (Å²) in [5, 5.41) is 4.10. The number of hydrogen-bond donors (Lipinski definition) is 2. The van der Waals surface area contributed by atoms with Gasteiger partial charge in [-0.25, -0.2) is 9.97 Å². The minimum Gasteiger partial charge on any atom is -0.396 e. The molecule has 4 rings (SSSR count). The van der Waals surface area contributed by atoms with E-state index in [4.69, 9.17) is 27.3 Å². The van der Waals surface area contributed by atoms with E-state index in [0.717, 1.165) is 38.9 Å². The highest BCUT2D eigenvalue weighted by molar-refractivity contribution is 6.30. The first-order valence-corrected chi connectivity index (χ1v) is 8.92. The van der Waals surface area contributed by atoms with Crippen molar-refractivity contribution < 1.29 is 0 Å². The van der Waals surface area contributed by atoms with Crippen molar-refractivity contribution >= 4 is 45.0 Å². The number of nitrogens with one attached hydrogen (secondary N) is 1. The maximum Gasteiger partial charge on any atom is 0.0995 e. The van der Waals surface area contributed by atoms with Crippen LogP contribution >= 0.6 is 11.6 Å². The first kappa shape index (κ1) is 16.6. The largest absolute Gasteiger partial charge is 0.396 e. The van der Waals surface area contributed by atoms with Gasteiger partial charge < -0.3 is 11.1 Å². The number of rotatable bonds is 3. The fourth-order valence-corrected chi connectivity index (χ4v) is 3.24. The summed E-state index contributed by atoms with van der Waals surface area (Å²) in [6.45, 7) is 4.16. The molecule has 5 heteroatoms. The Bertz CT molecular complexity index is 1100. The van der Waals surface area contributed by atoms with E-state index in [-0.39, 0.29) is 6.04 Å². The van der Waals surface area contributed by atoms with Crippen molar-refractivity contribution in [1.29, 1.82) is 0 Å². The molecule has 1 aromatic heterocycles. The fraction of sp³-hybridized carbons (Fsp3) is 0.143. The number of hydrogen-bond acceptors (Lipinski definition) is 4. The van der Waals surface area contributed by atoms with Crippen LogP contribution in [0.1, 0.15) is 13.8 Å². The van der Waals surface area contributed by atoms with E-state index in [1.165, 1.54) is 0 Å². The molecule has 1 heterocycles. The number of halogens is 1. The molecule has 3 N–H and O–H groups in total. The van der Waals surface area contributed by atoms with Gasteiger partial charge >= 0.3 is 0 Å². The Hall–Kier alpha value is -2.85. The topological polar surface area (TPSA) is 63.8 Å². The Morgan fingerprint density at radius 1 is 0.923 bits per heavy atom. The minimum atomic E-state index is 0.251. The Balaban J connectivity index is 2.08. The van der Waals surface area contributed by atoms with Crippen molar-refractivity contribution in [2.24, 2.45) is 0 Å². The molecule has 0 radical (unpaired) electrons. The number of nitrogens with zero attached hydrogens (tertiary/aromatic N) is 2. The monoisotopic (exact) mass is 362 g/mol. The number of aromatic nitrogens is 2. The molecule has 0 amide bonds. The zero-order valence-corrected chi connectivity index (χ0v) is 15.4. The predicted octanol–water partition coefficient (Wildman–Crippen LogP) is 5.51. The van der Waals surface area contributed by atoms with Crippen LogP contribution in [0.2, 0.25) is 5.02 Å². The van der Waals surface area contributed by atoms with Crippen LogP contribution in [0, 0.1) is 0 Å². The van der Waals surface area contributed by atoms with Gasteiger partial charge in [0.1, 0.15) is 0 Å². The normalized spacial score (nSPS) is 11.4. The van der Waals surface area contributed by atoms with Crippen molar-refractivity contribution in [3.05, 3.63) is 59.6 Å². The zero-order chi connectivity index (χ0) is 18.3. The molecule has 130 valence electrons. The van der Waals surface area contributed by atoms with E-state index in [1.807, 2.05) is 54.6 Å². The van der Waals surface area contributed by atoms with Gasteiger partial charge in [0.05, 0.1) is 33.4 Å². The number of fused-ring (bicyclic) bond motifs is 2. The molecular formula is C21H19ClN4. The SMILES string of the molecule is CC(C)Nc1cc2nc3ccccc3nc2c(-c2ccc(Cl)cc2)c1N. The van der Waals surface area contributed by atoms with Crippen molar-refractivity contribution in [2.75, 3.05) is 11.1 Å². The summed E-state index contributed by atoms with van der Waals surface area (Å²) >= 11 is 6.06. The highest BCUT2D eigenvalue weighted by atomic mass is 35.5. The predicted molar refractivity (Wildman–Crippen MR) is 111 cm³/mol. The van der Waals surface area contributed by atoms with E-state index in [1.54, 1.807) is 0 Å². The molecule has 0 aliphatic heterocycles. The van der Waals surface area contributed by atoms with E-state index in [2.05, 4.69) is 19.2 Å². The van der Waals surface area contributed by atoms with E-state index in [0.29, 0.717) is 10.7 Å². The Morgan fingerprint density at radius 2 is 1.58 bits per heavy atom. The van der Waals surface area contributed by atoms with Gasteiger partial charge in [0.2, 0.25) is 0 Å². The van der Waals surface area contributed by atoms with Gasteiger partial charge in [-0.1, -0.05) is 35.9 Å². The maximum atomic E-state index is 6.55. The first-order valence-electron chi connectivity index (χ1n) is 8.54. The third-order valence-electron chi connectivity index (χ3n) is 4.25. The summed E-state index contributed by atoms with van der Waals surface area (Å²) in [7, 11) is 0. The van der Waals surface area contributed by atoms with Crippen LogP contribution in [-0.4, -0.2) is 16.0 Å². The van der Waals surface area contributed by atoms with Gasteiger partial charge in [-0.3, -0.25) is 0 Å². The highest BCUT2D eigenvalue weighted by Gasteiger charge is 2.16. The number of nitrogens with two attached hydrogens (primary N) is 1. The highest BCUT2D eigenvalue weighted by Crippen LogP contribution is 2.39. The van der Waals surface area contributed by atoms with Crippen LogP contribution in [0.15, 0.2) is 54.6 Å². The van der Waals surface area contributed by atoms with E-state index >= 15 is 0 Å². The standard InChI is InChI=1S/C21H19ClN4/c1-12(2)24-17-11-18-21(26-16-6-4-3-5-15(16)25-18)19(20(17)23)13-7-9-14(22)10-8-13/h3-12,24H,23H2,1-2H3. The molecule has 4 nitrogen and oxygen atoms in total. The molecule has 0 spiro atoms. The Morgan fingerprint density at radius 3 is 2.23 bits per heavy atom. The lowest BCUT2D eigenvalue weighted by atomic mass is 10.00. The van der Waals surface area contributed by atoms with Crippen molar-refractivity contribution in [2.45, 2.75) is 19.9 Å². The van der Waals surface area contributed by atoms with Crippen LogP contribution in [-0.2, 0) is 0 Å². The van der Waals surface area contributed by atoms with Gasteiger partial charge in [0.15, 0.2) is 0 Å². The lowest BCUT2D eigenvalue weighted by Crippen LogP contribution is -2.12. The van der Waals surface area contributed by atoms with Crippen LogP contribution in [0.3, 0.4) is 0 Å². The van der Waals surface area contributed by atoms with E-state index < -0.39 is 0 Å². The molecule has 0 atom stereocenters. The Kier molecular flexibility index (Phi) is 4.13. The molecule has 0 aliphatic rings. The fourth-order valence-electron chi connectivity index (χ4n) is 3.11. The zero-order valence-electron chi connectivity index (χ0n) is 14.6. The Labute approximate surface area is 157 Å². The molecule has 26 heavy (non-hydrogen) atoms. The van der Waals surface area contributed by atoms with Gasteiger partial charge in [-0.05, 0) is 49.7 Å². The third-order valence-corrected chi connectivity index (χ3v) is 4.50. The molecule has 0 bridgehead atoms. The molecule has 0 unspecified atom stereocenters. The van der Waals surface area contributed by atoms with Gasteiger partial charge in [-0.2, -0.15) is 0 Å². The van der Waals surface area contributed by atoms with Crippen LogP contribution in [0.25, 0.3) is 33.2 Å². The molecule has 0 saturated carbocycles. The maximum absolute atomic E-state index is 6.55. The molecular weight excluding hydrogens is 344 g/mol. The average Bonchev–Trinajstić information content (AvgIpc) is 2.62. The summed E-state index contributed by atoms with van der Waals surface area (Å²) in [6, 6.07) is 17.7. The summed E-state index contributed by atoms with van der Waals surface area (Å²) in [5.41, 5.74) is 13.2. The molecule has 0 aliphatic carbocycles. The molecule has 4 aromatic rings. The van der Waals surface area contributed by atoms with Crippen molar-refractivity contribution in [3.63, 3.8) is 0 Å². The van der Waals surface area contributed by atoms with E-state index in [9.17, 15) is 0 Å². The number of anilines is 2. The number of benzene rings is 3. The minimum absolute atomic E-state index is 0.251. The van der Waals surface area contributed by atoms with Crippen LogP contribution in [0.4, 0.5) is 11.4 Å². The second-order valence-corrected chi connectivity index (χ2v) is 7.04. The lowest BCUT2D eigenvalue weighted by molar-refractivity contribution is 0.901. The van der Waals surface area contributed by atoms with Crippen molar-refractivity contribution in [1.82, 2.24) is 9.97 Å². The lowest BCUT2D eigenvalue weighted by Gasteiger charge is -2.18. The summed E-state index contributed by atoms with van der Waals surface area (Å²) in [4.78, 5) is 9.66. The smallest absolute Gasteiger partial charge is 0.0995 e. The molecule has 0 saturated heterocycles. The number of para-hydroxylation sites is 2. The second kappa shape index (κ2) is 6.46. The van der Waals surface area contributed by atoms with Crippen LogP contribution in [0.5, 0.6) is 0 Å². The summed E-state index contributed by atoms with van der Waals surface area (Å²) < 4.78 is 0. The molecule has 3 aromatic carbocycles. The van der Waals surface area contributed by atoms with Gasteiger partial charge in [0.25, 0.3) is 0 Å². The number of nitrogen functional groups attached to an aromatic ring is 1. The van der Waals surface area contributed by atoms with Crippen LogP contribution < -0.4 is 11.1 Å².